The number of rotatable bonds is 3. The number of nitrogens with zero attached hydrogens (tertiary/aromatic N) is 4. The Morgan fingerprint density at radius 2 is 1.67 bits per heavy atom. The van der Waals surface area contributed by atoms with Gasteiger partial charge in [-0.05, 0) is 29.8 Å². The lowest BCUT2D eigenvalue weighted by Crippen LogP contribution is -2.03. The summed E-state index contributed by atoms with van der Waals surface area (Å²) in [6, 6.07) is 9.13. The zero-order chi connectivity index (χ0) is 17.4. The maximum Gasteiger partial charge on any atom is 0.269 e. The first-order chi connectivity index (χ1) is 11.4. The van der Waals surface area contributed by atoms with Crippen molar-refractivity contribution in [2.24, 2.45) is 0 Å². The second-order valence-corrected chi connectivity index (χ2v) is 5.64. The van der Waals surface area contributed by atoms with Crippen molar-refractivity contribution in [3.05, 3.63) is 56.6 Å². The molecule has 0 fully saturated rings. The lowest BCUT2D eigenvalue weighted by atomic mass is 10.0. The van der Waals surface area contributed by atoms with Gasteiger partial charge in [0.1, 0.15) is 0 Å². The van der Waals surface area contributed by atoms with Crippen molar-refractivity contribution in [2.45, 2.75) is 0 Å². The quantitative estimate of drug-likeness (QED) is 0.542. The Hall–Kier alpha value is -2.84. The van der Waals surface area contributed by atoms with Gasteiger partial charge in [0, 0.05) is 17.7 Å². The number of anilines is 2. The van der Waals surface area contributed by atoms with E-state index in [1.54, 1.807) is 24.3 Å². The SMILES string of the molecule is Nc1nc(N)n(-c2cc(Cl)c(-c3ccc([N+](=O)[O-])cc3)c(Cl)c2)n1. The summed E-state index contributed by atoms with van der Waals surface area (Å²) in [5.41, 5.74) is 12.9. The summed E-state index contributed by atoms with van der Waals surface area (Å²) in [6.45, 7) is 0. The molecule has 3 rings (SSSR count). The van der Waals surface area contributed by atoms with Crippen LogP contribution < -0.4 is 11.5 Å². The number of nitro benzene ring substituents is 1. The maximum absolute atomic E-state index is 10.7. The molecule has 3 aromatic rings. The first-order valence-corrected chi connectivity index (χ1v) is 7.34. The Balaban J connectivity index is 2.07. The highest BCUT2D eigenvalue weighted by Gasteiger charge is 2.15. The molecule has 0 aliphatic rings. The fourth-order valence-electron chi connectivity index (χ4n) is 2.24. The van der Waals surface area contributed by atoms with E-state index in [1.807, 2.05) is 0 Å². The van der Waals surface area contributed by atoms with Crippen LogP contribution in [0.1, 0.15) is 0 Å². The molecule has 8 nitrogen and oxygen atoms in total. The molecule has 122 valence electrons. The topological polar surface area (TPSA) is 126 Å². The normalized spacial score (nSPS) is 10.8. The molecular formula is C14H10Cl2N6O2. The van der Waals surface area contributed by atoms with Crippen molar-refractivity contribution in [3.8, 4) is 16.8 Å². The molecule has 0 spiro atoms. The number of hydrogen-bond acceptors (Lipinski definition) is 6. The fraction of sp³-hybridized carbons (Fsp3) is 0. The lowest BCUT2D eigenvalue weighted by Gasteiger charge is -2.11. The Bertz CT molecular complexity index is 916. The highest BCUT2D eigenvalue weighted by molar-refractivity contribution is 6.39. The van der Waals surface area contributed by atoms with Gasteiger partial charge in [0.25, 0.3) is 5.69 Å². The molecule has 0 atom stereocenters. The molecular weight excluding hydrogens is 355 g/mol. The van der Waals surface area contributed by atoms with E-state index in [-0.39, 0.29) is 17.6 Å². The molecule has 0 radical (unpaired) electrons. The Morgan fingerprint density at radius 1 is 1.08 bits per heavy atom. The molecule has 1 aromatic heterocycles. The van der Waals surface area contributed by atoms with Crippen molar-refractivity contribution in [1.29, 1.82) is 0 Å². The third-order valence-electron chi connectivity index (χ3n) is 3.29. The van der Waals surface area contributed by atoms with Crippen molar-refractivity contribution in [2.75, 3.05) is 11.5 Å². The summed E-state index contributed by atoms with van der Waals surface area (Å²) in [5.74, 6) is 0.127. The van der Waals surface area contributed by atoms with Crippen LogP contribution in [0.2, 0.25) is 10.0 Å². The van der Waals surface area contributed by atoms with Crippen LogP contribution in [-0.2, 0) is 0 Å². The van der Waals surface area contributed by atoms with Gasteiger partial charge in [-0.15, -0.1) is 5.10 Å². The third-order valence-corrected chi connectivity index (χ3v) is 3.88. The summed E-state index contributed by atoms with van der Waals surface area (Å²) in [5, 5.41) is 15.4. The predicted octanol–water partition coefficient (Wildman–Crippen LogP) is 3.31. The maximum atomic E-state index is 10.7. The Morgan fingerprint density at radius 3 is 2.12 bits per heavy atom. The van der Waals surface area contributed by atoms with Crippen LogP contribution in [0, 0.1) is 10.1 Å². The lowest BCUT2D eigenvalue weighted by molar-refractivity contribution is -0.384. The van der Waals surface area contributed by atoms with Crippen LogP contribution in [0.4, 0.5) is 17.6 Å². The molecule has 0 bridgehead atoms. The number of non-ortho nitro benzene ring substituents is 1. The van der Waals surface area contributed by atoms with Crippen molar-refractivity contribution in [1.82, 2.24) is 14.8 Å². The van der Waals surface area contributed by atoms with E-state index in [0.717, 1.165) is 0 Å². The minimum Gasteiger partial charge on any atom is -0.368 e. The molecule has 0 saturated heterocycles. The van der Waals surface area contributed by atoms with E-state index < -0.39 is 4.92 Å². The van der Waals surface area contributed by atoms with Gasteiger partial charge < -0.3 is 11.5 Å². The number of halogens is 2. The summed E-state index contributed by atoms with van der Waals surface area (Å²) in [4.78, 5) is 14.1. The van der Waals surface area contributed by atoms with E-state index in [4.69, 9.17) is 34.7 Å². The van der Waals surface area contributed by atoms with Crippen LogP contribution in [0.25, 0.3) is 16.8 Å². The molecule has 24 heavy (non-hydrogen) atoms. The van der Waals surface area contributed by atoms with Gasteiger partial charge in [0.05, 0.1) is 20.7 Å². The molecule has 0 unspecified atom stereocenters. The van der Waals surface area contributed by atoms with Gasteiger partial charge in [0.15, 0.2) is 0 Å². The summed E-state index contributed by atoms with van der Waals surface area (Å²) in [7, 11) is 0. The zero-order valence-corrected chi connectivity index (χ0v) is 13.5. The van der Waals surface area contributed by atoms with Crippen molar-refractivity contribution in [3.63, 3.8) is 0 Å². The van der Waals surface area contributed by atoms with E-state index >= 15 is 0 Å². The molecule has 4 N–H and O–H groups in total. The second kappa shape index (κ2) is 5.99. The van der Waals surface area contributed by atoms with E-state index in [0.29, 0.717) is 26.9 Å². The van der Waals surface area contributed by atoms with Gasteiger partial charge >= 0.3 is 0 Å². The van der Waals surface area contributed by atoms with E-state index in [9.17, 15) is 10.1 Å². The van der Waals surface area contributed by atoms with Gasteiger partial charge in [-0.25, -0.2) is 0 Å². The third kappa shape index (κ3) is 2.84. The summed E-state index contributed by atoms with van der Waals surface area (Å²) < 4.78 is 1.31. The second-order valence-electron chi connectivity index (χ2n) is 4.83. The van der Waals surface area contributed by atoms with Gasteiger partial charge in [0.2, 0.25) is 11.9 Å². The number of nitrogen functional groups attached to an aromatic ring is 2. The van der Waals surface area contributed by atoms with Crippen molar-refractivity contribution < 1.29 is 4.92 Å². The molecule has 1 heterocycles. The summed E-state index contributed by atoms with van der Waals surface area (Å²) in [6.07, 6.45) is 0. The highest BCUT2D eigenvalue weighted by Crippen LogP contribution is 2.37. The number of nitro groups is 1. The smallest absolute Gasteiger partial charge is 0.269 e. The summed E-state index contributed by atoms with van der Waals surface area (Å²) >= 11 is 12.7. The van der Waals surface area contributed by atoms with E-state index in [1.165, 1.54) is 16.8 Å². The van der Waals surface area contributed by atoms with E-state index in [2.05, 4.69) is 10.1 Å². The molecule has 0 aliphatic carbocycles. The van der Waals surface area contributed by atoms with Crippen LogP contribution in [0.15, 0.2) is 36.4 Å². The minimum atomic E-state index is -0.478. The number of nitrogens with two attached hydrogens (primary N) is 2. The van der Waals surface area contributed by atoms with Gasteiger partial charge in [-0.3, -0.25) is 10.1 Å². The van der Waals surface area contributed by atoms with Crippen LogP contribution >= 0.6 is 23.2 Å². The standard InChI is InChI=1S/C14H10Cl2N6O2/c15-10-5-9(21-14(18)19-13(17)20-21)6-11(16)12(10)7-1-3-8(4-2-7)22(23)24/h1-6H,(H4,17,18,19,20). The first kappa shape index (κ1) is 16.0. The molecule has 2 aromatic carbocycles. The Kier molecular flexibility index (Phi) is 4.00. The predicted molar refractivity (Wildman–Crippen MR) is 92.3 cm³/mol. The average molecular weight is 365 g/mol. The minimum absolute atomic E-state index is 0.0199. The zero-order valence-electron chi connectivity index (χ0n) is 12.0. The van der Waals surface area contributed by atoms with Crippen LogP contribution in [0.5, 0.6) is 0 Å². The number of aromatic nitrogens is 3. The Labute approximate surface area is 145 Å². The van der Waals surface area contributed by atoms with Crippen LogP contribution in [0.3, 0.4) is 0 Å². The average Bonchev–Trinajstić information content (AvgIpc) is 2.85. The van der Waals surface area contributed by atoms with Crippen LogP contribution in [-0.4, -0.2) is 19.7 Å². The fourth-order valence-corrected chi connectivity index (χ4v) is 2.93. The highest BCUT2D eigenvalue weighted by atomic mass is 35.5. The largest absolute Gasteiger partial charge is 0.368 e. The number of benzene rings is 2. The molecule has 0 aliphatic heterocycles. The molecule has 10 heteroatoms. The molecule has 0 amide bonds. The van der Waals surface area contributed by atoms with Crippen molar-refractivity contribution >= 4 is 40.8 Å². The van der Waals surface area contributed by atoms with Gasteiger partial charge in [-0.1, -0.05) is 23.2 Å². The first-order valence-electron chi connectivity index (χ1n) is 6.59. The van der Waals surface area contributed by atoms with Gasteiger partial charge in [-0.2, -0.15) is 9.67 Å². The monoisotopic (exact) mass is 364 g/mol. The molecule has 0 saturated carbocycles. The number of hydrogen-bond donors (Lipinski definition) is 2.